The van der Waals surface area contributed by atoms with Gasteiger partial charge >= 0.3 is 12.0 Å². The minimum atomic E-state index is -0.768. The number of rotatable bonds is 4. The predicted octanol–water partition coefficient (Wildman–Crippen LogP) is 3.60. The molecule has 1 aliphatic rings. The van der Waals surface area contributed by atoms with E-state index in [0.717, 1.165) is 0 Å². The van der Waals surface area contributed by atoms with Crippen LogP contribution in [0.5, 0.6) is 0 Å². The quantitative estimate of drug-likeness (QED) is 0.641. The molecule has 1 saturated heterocycles. The van der Waals surface area contributed by atoms with Gasteiger partial charge in [-0.15, -0.1) is 0 Å². The number of hydrogen-bond donors (Lipinski definition) is 2. The Labute approximate surface area is 144 Å². The number of hydrogen-bond acceptors (Lipinski definition) is 3. The summed E-state index contributed by atoms with van der Waals surface area (Å²) in [5, 5.41) is 5.93. The molecule has 2 rings (SSSR count). The van der Waals surface area contributed by atoms with Gasteiger partial charge in [0.25, 0.3) is 0 Å². The smallest absolute Gasteiger partial charge is 0.319 e. The summed E-state index contributed by atoms with van der Waals surface area (Å²) in [6.45, 7) is 5.74. The van der Waals surface area contributed by atoms with Crippen LogP contribution in [0.1, 0.15) is 18.5 Å². The monoisotopic (exact) mass is 354 g/mol. The maximum absolute atomic E-state index is 12.4. The van der Waals surface area contributed by atoms with E-state index in [0.29, 0.717) is 15.6 Å². The van der Waals surface area contributed by atoms with Crippen LogP contribution in [0.15, 0.2) is 42.6 Å². The third-order valence-corrected chi connectivity index (χ3v) is 4.12. The van der Waals surface area contributed by atoms with Crippen molar-refractivity contribution in [1.82, 2.24) is 10.6 Å². The number of halogens is 2. The number of urea groups is 1. The normalized spacial score (nSPS) is 21.0. The number of benzene rings is 1. The largest absolute Gasteiger partial charge is 0.461 e. The second kappa shape index (κ2) is 7.53. The minimum absolute atomic E-state index is 0.154. The molecule has 2 amide bonds. The molecule has 1 aromatic carbocycles. The van der Waals surface area contributed by atoms with Crippen LogP contribution in [-0.4, -0.2) is 18.6 Å². The lowest BCUT2D eigenvalue weighted by atomic mass is 9.89. The van der Waals surface area contributed by atoms with E-state index in [2.05, 4.69) is 17.2 Å². The van der Waals surface area contributed by atoms with E-state index in [-0.39, 0.29) is 12.3 Å². The number of carbonyl (C=O) groups excluding carboxylic acids is 2. The molecule has 7 heteroatoms. The van der Waals surface area contributed by atoms with Gasteiger partial charge in [0, 0.05) is 5.70 Å². The molecule has 5 nitrogen and oxygen atoms in total. The van der Waals surface area contributed by atoms with Crippen molar-refractivity contribution in [3.63, 3.8) is 0 Å². The molecule has 0 unspecified atom stereocenters. The fourth-order valence-corrected chi connectivity index (χ4v) is 2.57. The molecule has 2 atom stereocenters. The van der Waals surface area contributed by atoms with Crippen molar-refractivity contribution in [2.24, 2.45) is 5.92 Å². The van der Waals surface area contributed by atoms with Crippen LogP contribution in [0.25, 0.3) is 0 Å². The fraction of sp³-hybridized carbons (Fsp3) is 0.250. The summed E-state index contributed by atoms with van der Waals surface area (Å²) < 4.78 is 5.20. The van der Waals surface area contributed by atoms with Crippen LogP contribution in [0.2, 0.25) is 10.0 Å². The molecule has 1 heterocycles. The highest BCUT2D eigenvalue weighted by atomic mass is 35.5. The van der Waals surface area contributed by atoms with Gasteiger partial charge in [-0.05, 0) is 24.6 Å². The first kappa shape index (κ1) is 17.4. The topological polar surface area (TPSA) is 67.4 Å². The summed E-state index contributed by atoms with van der Waals surface area (Å²) in [6.07, 6.45) is 3.49. The molecule has 2 N–H and O–H groups in total. The number of allylic oxidation sites excluding steroid dienone is 1. The van der Waals surface area contributed by atoms with E-state index in [1.807, 2.05) is 6.92 Å². The second-order valence-electron chi connectivity index (χ2n) is 4.95. The van der Waals surface area contributed by atoms with Crippen LogP contribution in [-0.2, 0) is 9.53 Å². The highest BCUT2D eigenvalue weighted by Crippen LogP contribution is 2.33. The Balaban J connectivity index is 2.30. The standard InChI is InChI=1S/C16H16Cl2N2O3/c1-3-4-7-23-15(21)13-9(2)19-16(22)20-14(13)10-5-6-11(17)12(18)8-10/h3-6,8,13-14H,2,7H2,1H3,(H2,19,20,22)/b4-3-/t13-,14+/m1/s1. The van der Waals surface area contributed by atoms with Gasteiger partial charge in [-0.3, -0.25) is 4.79 Å². The van der Waals surface area contributed by atoms with E-state index in [1.54, 1.807) is 30.4 Å². The average molecular weight is 355 g/mol. The average Bonchev–Trinajstić information content (AvgIpc) is 2.49. The molecule has 0 aliphatic carbocycles. The highest BCUT2D eigenvalue weighted by molar-refractivity contribution is 6.42. The lowest BCUT2D eigenvalue weighted by Crippen LogP contribution is -2.51. The van der Waals surface area contributed by atoms with Gasteiger partial charge in [-0.2, -0.15) is 0 Å². The fourth-order valence-electron chi connectivity index (χ4n) is 2.26. The van der Waals surface area contributed by atoms with E-state index < -0.39 is 24.0 Å². The predicted molar refractivity (Wildman–Crippen MR) is 89.3 cm³/mol. The van der Waals surface area contributed by atoms with Gasteiger partial charge in [0.1, 0.15) is 12.5 Å². The summed E-state index contributed by atoms with van der Waals surface area (Å²) in [7, 11) is 0. The first-order valence-electron chi connectivity index (χ1n) is 6.93. The number of nitrogens with one attached hydrogen (secondary N) is 2. The number of carbonyl (C=O) groups is 2. The van der Waals surface area contributed by atoms with Crippen LogP contribution >= 0.6 is 23.2 Å². The number of esters is 1. The van der Waals surface area contributed by atoms with Gasteiger partial charge in [0.2, 0.25) is 0 Å². The first-order valence-corrected chi connectivity index (χ1v) is 7.68. The molecule has 122 valence electrons. The molecule has 1 aliphatic heterocycles. The lowest BCUT2D eigenvalue weighted by Gasteiger charge is -2.33. The van der Waals surface area contributed by atoms with Gasteiger partial charge in [-0.1, -0.05) is 48.0 Å². The van der Waals surface area contributed by atoms with Crippen molar-refractivity contribution >= 4 is 35.2 Å². The number of amides is 2. The molecular weight excluding hydrogens is 339 g/mol. The molecule has 1 aromatic rings. The first-order chi connectivity index (χ1) is 10.9. The zero-order valence-electron chi connectivity index (χ0n) is 12.4. The Bertz CT molecular complexity index is 673. The third-order valence-electron chi connectivity index (χ3n) is 3.38. The van der Waals surface area contributed by atoms with Gasteiger partial charge in [-0.25, -0.2) is 4.79 Å². The summed E-state index contributed by atoms with van der Waals surface area (Å²) >= 11 is 11.9. The second-order valence-corrected chi connectivity index (χ2v) is 5.77. The van der Waals surface area contributed by atoms with Crippen molar-refractivity contribution < 1.29 is 14.3 Å². The Morgan fingerprint density at radius 1 is 1.39 bits per heavy atom. The van der Waals surface area contributed by atoms with Gasteiger partial charge in [0.15, 0.2) is 0 Å². The Hall–Kier alpha value is -1.98. The van der Waals surface area contributed by atoms with E-state index in [9.17, 15) is 9.59 Å². The lowest BCUT2D eigenvalue weighted by molar-refractivity contribution is -0.147. The zero-order valence-corrected chi connectivity index (χ0v) is 13.9. The molecule has 23 heavy (non-hydrogen) atoms. The molecule has 0 spiro atoms. The maximum Gasteiger partial charge on any atom is 0.319 e. The number of ether oxygens (including phenoxy) is 1. The SMILES string of the molecule is C=C1NC(=O)N[C@@H](c2ccc(Cl)c(Cl)c2)[C@@H]1C(=O)OC/C=C\C. The van der Waals surface area contributed by atoms with Gasteiger partial charge < -0.3 is 15.4 Å². The van der Waals surface area contributed by atoms with Crippen LogP contribution in [0.3, 0.4) is 0 Å². The molecule has 0 radical (unpaired) electrons. The summed E-state index contributed by atoms with van der Waals surface area (Å²) in [5.41, 5.74) is 0.915. The van der Waals surface area contributed by atoms with Crippen molar-refractivity contribution in [2.45, 2.75) is 13.0 Å². The summed E-state index contributed by atoms with van der Waals surface area (Å²) in [5.74, 6) is -1.26. The van der Waals surface area contributed by atoms with Gasteiger partial charge in [0.05, 0.1) is 16.1 Å². The van der Waals surface area contributed by atoms with Crippen molar-refractivity contribution in [2.75, 3.05) is 6.61 Å². The summed E-state index contributed by atoms with van der Waals surface area (Å²) in [4.78, 5) is 24.1. The van der Waals surface area contributed by atoms with Crippen LogP contribution in [0.4, 0.5) is 4.79 Å². The molecule has 0 aromatic heterocycles. The maximum atomic E-state index is 12.4. The van der Waals surface area contributed by atoms with E-state index >= 15 is 0 Å². The summed E-state index contributed by atoms with van der Waals surface area (Å²) in [6, 6.07) is 3.84. The van der Waals surface area contributed by atoms with Crippen LogP contribution < -0.4 is 10.6 Å². The third kappa shape index (κ3) is 4.06. The molecular formula is C16H16Cl2N2O3. The highest BCUT2D eigenvalue weighted by Gasteiger charge is 2.38. The molecule has 0 bridgehead atoms. The zero-order chi connectivity index (χ0) is 17.0. The van der Waals surface area contributed by atoms with E-state index in [1.165, 1.54) is 0 Å². The Morgan fingerprint density at radius 2 is 2.13 bits per heavy atom. The molecule has 0 saturated carbocycles. The van der Waals surface area contributed by atoms with Crippen molar-refractivity contribution in [3.8, 4) is 0 Å². The Kier molecular flexibility index (Phi) is 5.69. The minimum Gasteiger partial charge on any atom is -0.461 e. The van der Waals surface area contributed by atoms with Crippen molar-refractivity contribution in [1.29, 1.82) is 0 Å². The van der Waals surface area contributed by atoms with E-state index in [4.69, 9.17) is 27.9 Å². The molecule has 1 fully saturated rings. The van der Waals surface area contributed by atoms with Crippen LogP contribution in [0, 0.1) is 5.92 Å². The van der Waals surface area contributed by atoms with Crippen molar-refractivity contribution in [3.05, 3.63) is 58.2 Å². The Morgan fingerprint density at radius 3 is 2.78 bits per heavy atom.